The van der Waals surface area contributed by atoms with E-state index in [0.717, 1.165) is 6.42 Å². The lowest BCUT2D eigenvalue weighted by molar-refractivity contribution is -0.384. The summed E-state index contributed by atoms with van der Waals surface area (Å²) >= 11 is 0. The highest BCUT2D eigenvalue weighted by atomic mass is 32.2. The first-order valence-corrected chi connectivity index (χ1v) is 8.87. The third kappa shape index (κ3) is 6.15. The van der Waals surface area contributed by atoms with Crippen molar-refractivity contribution in [1.82, 2.24) is 0 Å². The lowest BCUT2D eigenvalue weighted by Gasteiger charge is -2.04. The van der Waals surface area contributed by atoms with Crippen LogP contribution in [-0.2, 0) is 9.84 Å². The number of sulfone groups is 1. The van der Waals surface area contributed by atoms with Gasteiger partial charge in [-0.15, -0.1) is 0 Å². The van der Waals surface area contributed by atoms with Gasteiger partial charge in [0.1, 0.15) is 0 Å². The summed E-state index contributed by atoms with van der Waals surface area (Å²) in [7, 11) is -3.50. The van der Waals surface area contributed by atoms with Gasteiger partial charge in [0.2, 0.25) is 0 Å². The van der Waals surface area contributed by atoms with E-state index < -0.39 is 14.8 Å². The second-order valence-corrected chi connectivity index (χ2v) is 6.82. The molecule has 0 aliphatic carbocycles. The van der Waals surface area contributed by atoms with Crippen molar-refractivity contribution >= 4 is 21.7 Å². The number of nitro benzene ring substituents is 1. The van der Waals surface area contributed by atoms with Gasteiger partial charge in [-0.05, 0) is 31.6 Å². The summed E-state index contributed by atoms with van der Waals surface area (Å²) in [5, 5.41) is 10.6. The number of hydrogen-bond donors (Lipinski definition) is 0. The lowest BCUT2D eigenvalue weighted by Crippen LogP contribution is -2.07. The Balaban J connectivity index is 2.76. The largest absolute Gasteiger partial charge is 0.269 e. The normalized spacial score (nSPS) is 13.0. The van der Waals surface area contributed by atoms with Crippen molar-refractivity contribution in [2.75, 3.05) is 5.75 Å². The summed E-state index contributed by atoms with van der Waals surface area (Å²) in [5.41, 5.74) is 0.543. The molecular formula is C16H20N2O4S. The van der Waals surface area contributed by atoms with E-state index in [2.05, 4.69) is 4.99 Å². The second kappa shape index (κ2) is 8.99. The van der Waals surface area contributed by atoms with Gasteiger partial charge in [0, 0.05) is 30.5 Å². The highest BCUT2D eigenvalue weighted by Crippen LogP contribution is 2.18. The van der Waals surface area contributed by atoms with Crippen molar-refractivity contribution in [2.45, 2.75) is 31.6 Å². The maximum atomic E-state index is 12.2. The van der Waals surface area contributed by atoms with Crippen LogP contribution in [0.3, 0.4) is 0 Å². The maximum Gasteiger partial charge on any atom is 0.269 e. The number of allylic oxidation sites excluding steroid dienone is 4. The van der Waals surface area contributed by atoms with Crippen molar-refractivity contribution in [3.8, 4) is 0 Å². The first-order chi connectivity index (χ1) is 10.9. The van der Waals surface area contributed by atoms with E-state index in [-0.39, 0.29) is 22.8 Å². The maximum absolute atomic E-state index is 12.2. The molecule has 0 spiro atoms. The van der Waals surface area contributed by atoms with Crippen molar-refractivity contribution in [2.24, 2.45) is 4.99 Å². The molecule has 0 atom stereocenters. The molecule has 0 N–H and O–H groups in total. The Bertz CT molecular complexity index is 717. The van der Waals surface area contributed by atoms with Gasteiger partial charge in [-0.3, -0.25) is 15.1 Å². The summed E-state index contributed by atoms with van der Waals surface area (Å²) in [5.74, 6) is -0.0979. The molecule has 1 rings (SSSR count). The number of non-ortho nitro benzene ring substituents is 1. The fourth-order valence-electron chi connectivity index (χ4n) is 1.75. The van der Waals surface area contributed by atoms with Crippen LogP contribution in [0.25, 0.3) is 0 Å². The Morgan fingerprint density at radius 3 is 2.48 bits per heavy atom. The SMILES string of the molecule is C\C=C(CCS(=O)(=O)c1ccc([N+](=O)[O-])cc1)/N=C\C=C/CC. The van der Waals surface area contributed by atoms with Crippen molar-refractivity contribution in [3.05, 3.63) is 58.3 Å². The number of hydrogen-bond acceptors (Lipinski definition) is 5. The van der Waals surface area contributed by atoms with E-state index in [1.165, 1.54) is 24.3 Å². The van der Waals surface area contributed by atoms with Crippen LogP contribution in [0.1, 0.15) is 26.7 Å². The zero-order valence-corrected chi connectivity index (χ0v) is 14.0. The molecular weight excluding hydrogens is 316 g/mol. The van der Waals surface area contributed by atoms with Gasteiger partial charge in [-0.2, -0.15) is 0 Å². The third-order valence-corrected chi connectivity index (χ3v) is 4.80. The molecule has 1 aromatic rings. The van der Waals surface area contributed by atoms with Crippen molar-refractivity contribution in [3.63, 3.8) is 0 Å². The minimum atomic E-state index is -3.50. The fraction of sp³-hybridized carbons (Fsp3) is 0.312. The monoisotopic (exact) mass is 336 g/mol. The van der Waals surface area contributed by atoms with E-state index in [0.29, 0.717) is 5.70 Å². The topological polar surface area (TPSA) is 89.6 Å². The number of rotatable bonds is 8. The first-order valence-electron chi connectivity index (χ1n) is 7.22. The predicted octanol–water partition coefficient (Wildman–Crippen LogP) is 3.70. The molecule has 0 unspecified atom stereocenters. The van der Waals surface area contributed by atoms with Gasteiger partial charge in [0.05, 0.1) is 15.6 Å². The molecule has 0 bridgehead atoms. The van der Waals surface area contributed by atoms with E-state index in [4.69, 9.17) is 0 Å². The smallest absolute Gasteiger partial charge is 0.262 e. The van der Waals surface area contributed by atoms with Crippen LogP contribution in [0, 0.1) is 10.1 Å². The number of nitrogens with zero attached hydrogens (tertiary/aromatic N) is 2. The van der Waals surface area contributed by atoms with Gasteiger partial charge in [-0.1, -0.05) is 19.1 Å². The van der Waals surface area contributed by atoms with E-state index in [1.54, 1.807) is 19.2 Å². The molecule has 0 heterocycles. The van der Waals surface area contributed by atoms with E-state index in [1.807, 2.05) is 19.1 Å². The van der Waals surface area contributed by atoms with Crippen molar-refractivity contribution in [1.29, 1.82) is 0 Å². The van der Waals surface area contributed by atoms with Crippen LogP contribution in [0.4, 0.5) is 5.69 Å². The first kappa shape index (κ1) is 18.8. The molecule has 0 fully saturated rings. The molecule has 6 nitrogen and oxygen atoms in total. The van der Waals surface area contributed by atoms with Gasteiger partial charge in [0.15, 0.2) is 9.84 Å². The van der Waals surface area contributed by atoms with Crippen LogP contribution < -0.4 is 0 Å². The number of aliphatic imine (C=N–C) groups is 1. The van der Waals surface area contributed by atoms with E-state index >= 15 is 0 Å². The molecule has 0 saturated heterocycles. The molecule has 1 aromatic carbocycles. The van der Waals surface area contributed by atoms with Crippen LogP contribution in [-0.4, -0.2) is 25.3 Å². The zero-order chi connectivity index (χ0) is 17.3. The predicted molar refractivity (Wildman–Crippen MR) is 91.4 cm³/mol. The Kier molecular flexibility index (Phi) is 7.34. The van der Waals surface area contributed by atoms with Crippen LogP contribution >= 0.6 is 0 Å². The molecule has 124 valence electrons. The molecule has 0 aliphatic heterocycles. The Labute approximate surface area is 136 Å². The Morgan fingerprint density at radius 2 is 1.96 bits per heavy atom. The number of benzene rings is 1. The molecule has 0 aliphatic rings. The van der Waals surface area contributed by atoms with E-state index in [9.17, 15) is 18.5 Å². The lowest BCUT2D eigenvalue weighted by atomic mass is 10.3. The highest BCUT2D eigenvalue weighted by molar-refractivity contribution is 7.91. The summed E-state index contributed by atoms with van der Waals surface area (Å²) in [6.07, 6.45) is 8.36. The average molecular weight is 336 g/mol. The molecule has 0 saturated carbocycles. The second-order valence-electron chi connectivity index (χ2n) is 4.71. The minimum Gasteiger partial charge on any atom is -0.262 e. The average Bonchev–Trinajstić information content (AvgIpc) is 2.54. The van der Waals surface area contributed by atoms with Crippen molar-refractivity contribution < 1.29 is 13.3 Å². The van der Waals surface area contributed by atoms with Crippen LogP contribution in [0.2, 0.25) is 0 Å². The number of nitro groups is 1. The molecule has 0 aromatic heterocycles. The summed E-state index contributed by atoms with van der Waals surface area (Å²) < 4.78 is 24.5. The molecule has 7 heteroatoms. The van der Waals surface area contributed by atoms with Crippen LogP contribution in [0.15, 0.2) is 58.1 Å². The third-order valence-electron chi connectivity index (χ3n) is 3.07. The Hall–Kier alpha value is -2.28. The molecule has 0 radical (unpaired) electrons. The molecule has 0 amide bonds. The minimum absolute atomic E-state index is 0.0772. The summed E-state index contributed by atoms with van der Waals surface area (Å²) in [6, 6.07) is 4.90. The van der Waals surface area contributed by atoms with Crippen LogP contribution in [0.5, 0.6) is 0 Å². The van der Waals surface area contributed by atoms with Gasteiger partial charge in [0.25, 0.3) is 5.69 Å². The quantitative estimate of drug-likeness (QED) is 0.411. The Morgan fingerprint density at radius 1 is 1.30 bits per heavy atom. The van der Waals surface area contributed by atoms with Gasteiger partial charge >= 0.3 is 0 Å². The summed E-state index contributed by atoms with van der Waals surface area (Å²) in [4.78, 5) is 14.3. The fourth-order valence-corrected chi connectivity index (χ4v) is 3.02. The van der Waals surface area contributed by atoms with Gasteiger partial charge in [-0.25, -0.2) is 8.42 Å². The molecule has 23 heavy (non-hydrogen) atoms. The zero-order valence-electron chi connectivity index (χ0n) is 13.2. The standard InChI is InChI=1S/C16H20N2O4S/c1-3-5-6-12-17-14(4-2)11-13-23(21,22)16-9-7-15(8-10-16)18(19)20/h4-10,12H,3,11,13H2,1-2H3/b6-5-,14-4-,17-12-. The highest BCUT2D eigenvalue weighted by Gasteiger charge is 2.16. The summed E-state index contributed by atoms with van der Waals surface area (Å²) in [6.45, 7) is 3.81. The van der Waals surface area contributed by atoms with Gasteiger partial charge < -0.3 is 0 Å².